The van der Waals surface area contributed by atoms with Crippen LogP contribution in [0.25, 0.3) is 0 Å². The molecule has 108 valence electrons. The third-order valence-corrected chi connectivity index (χ3v) is 3.65. The molecule has 1 aromatic carbocycles. The Kier molecular flexibility index (Phi) is 3.50. The molecule has 20 heavy (non-hydrogen) atoms. The van der Waals surface area contributed by atoms with Crippen LogP contribution < -0.4 is 4.90 Å². The van der Waals surface area contributed by atoms with E-state index in [0.29, 0.717) is 19.4 Å². The van der Waals surface area contributed by atoms with Gasteiger partial charge in [0.2, 0.25) is 5.91 Å². The zero-order valence-electron chi connectivity index (χ0n) is 11.6. The molecule has 0 bridgehead atoms. The molecule has 1 saturated heterocycles. The maximum Gasteiger partial charge on any atom is 0.247 e. The topological polar surface area (TPSA) is 40.6 Å². The number of aldehydes is 1. The SMILES string of the molecule is CN1CCN(c2c(F)cc(C=O)cc2F)C(C)(C)C1=O. The van der Waals surface area contributed by atoms with E-state index in [0.717, 1.165) is 12.1 Å². The highest BCUT2D eigenvalue weighted by Crippen LogP contribution is 2.33. The van der Waals surface area contributed by atoms with Crippen molar-refractivity contribution in [2.24, 2.45) is 0 Å². The van der Waals surface area contributed by atoms with Crippen molar-refractivity contribution in [3.8, 4) is 0 Å². The molecule has 0 atom stereocenters. The number of hydrogen-bond donors (Lipinski definition) is 0. The van der Waals surface area contributed by atoms with Gasteiger partial charge in [-0.15, -0.1) is 0 Å². The van der Waals surface area contributed by atoms with Crippen LogP contribution in [0.1, 0.15) is 24.2 Å². The summed E-state index contributed by atoms with van der Waals surface area (Å²) in [7, 11) is 1.66. The molecule has 1 aliphatic rings. The minimum Gasteiger partial charge on any atom is -0.351 e. The minimum atomic E-state index is -1.04. The highest BCUT2D eigenvalue weighted by atomic mass is 19.1. The largest absolute Gasteiger partial charge is 0.351 e. The summed E-state index contributed by atoms with van der Waals surface area (Å²) in [5.74, 6) is -1.88. The van der Waals surface area contributed by atoms with Gasteiger partial charge in [-0.1, -0.05) is 0 Å². The highest BCUT2D eigenvalue weighted by Gasteiger charge is 2.42. The second kappa shape index (κ2) is 4.85. The lowest BCUT2D eigenvalue weighted by Gasteiger charge is -2.46. The van der Waals surface area contributed by atoms with Crippen molar-refractivity contribution in [3.05, 3.63) is 29.3 Å². The van der Waals surface area contributed by atoms with Gasteiger partial charge >= 0.3 is 0 Å². The third kappa shape index (κ3) is 2.15. The average molecular weight is 282 g/mol. The summed E-state index contributed by atoms with van der Waals surface area (Å²) < 4.78 is 28.2. The molecular weight excluding hydrogens is 266 g/mol. The summed E-state index contributed by atoms with van der Waals surface area (Å²) in [6.07, 6.45) is 0.385. The van der Waals surface area contributed by atoms with Crippen molar-refractivity contribution in [3.63, 3.8) is 0 Å². The summed E-state index contributed by atoms with van der Waals surface area (Å²) >= 11 is 0. The van der Waals surface area contributed by atoms with Crippen molar-refractivity contribution in [2.45, 2.75) is 19.4 Å². The third-order valence-electron chi connectivity index (χ3n) is 3.65. The molecular formula is C14H16F2N2O2. The summed E-state index contributed by atoms with van der Waals surface area (Å²) in [6.45, 7) is 3.95. The molecule has 1 amide bonds. The normalized spacial score (nSPS) is 18.4. The molecule has 0 N–H and O–H groups in total. The Bertz CT molecular complexity index is 549. The number of benzene rings is 1. The average Bonchev–Trinajstić information content (AvgIpc) is 2.38. The lowest BCUT2D eigenvalue weighted by Crippen LogP contribution is -2.62. The standard InChI is InChI=1S/C14H16F2N2O2/c1-14(2)13(20)17(3)4-5-18(14)12-10(15)6-9(8-19)7-11(12)16/h6-8H,4-5H2,1-3H3. The van der Waals surface area contributed by atoms with Crippen molar-refractivity contribution >= 4 is 17.9 Å². The quantitative estimate of drug-likeness (QED) is 0.777. The van der Waals surface area contributed by atoms with Gasteiger partial charge in [0.15, 0.2) is 0 Å². The molecule has 0 aromatic heterocycles. The van der Waals surface area contributed by atoms with Crippen LogP contribution in [-0.2, 0) is 4.79 Å². The Labute approximate surface area is 116 Å². The van der Waals surface area contributed by atoms with Gasteiger partial charge in [0.1, 0.15) is 29.1 Å². The summed E-state index contributed by atoms with van der Waals surface area (Å²) in [4.78, 5) is 25.7. The van der Waals surface area contributed by atoms with Gasteiger partial charge in [0.05, 0.1) is 0 Å². The van der Waals surface area contributed by atoms with Crippen LogP contribution in [0.2, 0.25) is 0 Å². The van der Waals surface area contributed by atoms with Gasteiger partial charge in [-0.2, -0.15) is 0 Å². The number of likely N-dealkylation sites (N-methyl/N-ethyl adjacent to an activating group) is 1. The summed E-state index contributed by atoms with van der Waals surface area (Å²) in [5, 5.41) is 0. The Hall–Kier alpha value is -1.98. The van der Waals surface area contributed by atoms with Gasteiger partial charge in [-0.25, -0.2) is 8.78 Å². The molecule has 1 fully saturated rings. The van der Waals surface area contributed by atoms with E-state index in [4.69, 9.17) is 0 Å². The predicted octanol–water partition coefficient (Wildman–Crippen LogP) is 1.83. The van der Waals surface area contributed by atoms with E-state index in [1.807, 2.05) is 0 Å². The van der Waals surface area contributed by atoms with Crippen LogP contribution >= 0.6 is 0 Å². The van der Waals surface area contributed by atoms with Gasteiger partial charge in [-0.3, -0.25) is 9.59 Å². The number of carbonyl (C=O) groups excluding carboxylic acids is 2. The molecule has 0 spiro atoms. The number of anilines is 1. The number of amides is 1. The van der Waals surface area contributed by atoms with E-state index in [9.17, 15) is 18.4 Å². The fraction of sp³-hybridized carbons (Fsp3) is 0.429. The lowest BCUT2D eigenvalue weighted by atomic mass is 9.96. The fourth-order valence-electron chi connectivity index (χ4n) is 2.52. The minimum absolute atomic E-state index is 0.0676. The Morgan fingerprint density at radius 1 is 1.20 bits per heavy atom. The second-order valence-corrected chi connectivity index (χ2v) is 5.39. The summed E-state index contributed by atoms with van der Waals surface area (Å²) in [5.41, 5.74) is -1.37. The van der Waals surface area contributed by atoms with E-state index in [1.54, 1.807) is 20.9 Å². The predicted molar refractivity (Wildman–Crippen MR) is 70.8 cm³/mol. The van der Waals surface area contributed by atoms with E-state index >= 15 is 0 Å². The maximum atomic E-state index is 14.1. The maximum absolute atomic E-state index is 14.1. The molecule has 2 rings (SSSR count). The zero-order chi connectivity index (χ0) is 15.1. The van der Waals surface area contributed by atoms with E-state index in [-0.39, 0.29) is 17.2 Å². The highest BCUT2D eigenvalue weighted by molar-refractivity contribution is 5.90. The number of halogens is 2. The molecule has 0 saturated carbocycles. The smallest absolute Gasteiger partial charge is 0.247 e. The lowest BCUT2D eigenvalue weighted by molar-refractivity contribution is -0.136. The van der Waals surface area contributed by atoms with Crippen LogP contribution in [0, 0.1) is 11.6 Å². The van der Waals surface area contributed by atoms with E-state index in [2.05, 4.69) is 0 Å². The first kappa shape index (κ1) is 14.4. The van der Waals surface area contributed by atoms with Crippen molar-refractivity contribution in [1.29, 1.82) is 0 Å². The van der Waals surface area contributed by atoms with Crippen LogP contribution in [0.15, 0.2) is 12.1 Å². The molecule has 1 aliphatic heterocycles. The van der Waals surface area contributed by atoms with Crippen molar-refractivity contribution < 1.29 is 18.4 Å². The molecule has 1 heterocycles. The summed E-state index contributed by atoms with van der Waals surface area (Å²) in [6, 6.07) is 1.95. The number of nitrogens with zero attached hydrogens (tertiary/aromatic N) is 2. The van der Waals surface area contributed by atoms with Crippen LogP contribution in [0.3, 0.4) is 0 Å². The zero-order valence-corrected chi connectivity index (χ0v) is 11.6. The van der Waals surface area contributed by atoms with E-state index < -0.39 is 17.2 Å². The number of piperazine rings is 1. The molecule has 6 heteroatoms. The Morgan fingerprint density at radius 2 is 1.75 bits per heavy atom. The molecule has 0 unspecified atom stereocenters. The van der Waals surface area contributed by atoms with Gasteiger partial charge in [-0.05, 0) is 26.0 Å². The van der Waals surface area contributed by atoms with Gasteiger partial charge in [0, 0.05) is 25.7 Å². The number of hydrogen-bond acceptors (Lipinski definition) is 3. The van der Waals surface area contributed by atoms with Gasteiger partial charge < -0.3 is 9.80 Å². The number of rotatable bonds is 2. The second-order valence-electron chi connectivity index (χ2n) is 5.39. The number of carbonyl (C=O) groups is 2. The van der Waals surface area contributed by atoms with Crippen LogP contribution in [0.4, 0.5) is 14.5 Å². The van der Waals surface area contributed by atoms with Gasteiger partial charge in [0.25, 0.3) is 0 Å². The van der Waals surface area contributed by atoms with E-state index in [1.165, 1.54) is 9.80 Å². The van der Waals surface area contributed by atoms with Crippen LogP contribution in [0.5, 0.6) is 0 Å². The molecule has 0 radical (unpaired) electrons. The molecule has 0 aliphatic carbocycles. The first-order chi connectivity index (χ1) is 9.28. The van der Waals surface area contributed by atoms with Crippen LogP contribution in [-0.4, -0.2) is 42.8 Å². The first-order valence-corrected chi connectivity index (χ1v) is 6.26. The van der Waals surface area contributed by atoms with Crippen molar-refractivity contribution in [2.75, 3.05) is 25.0 Å². The molecule has 1 aromatic rings. The Morgan fingerprint density at radius 3 is 2.25 bits per heavy atom. The monoisotopic (exact) mass is 282 g/mol. The fourth-order valence-corrected chi connectivity index (χ4v) is 2.52. The first-order valence-electron chi connectivity index (χ1n) is 6.26. The Balaban J connectivity index is 2.51. The molecule has 4 nitrogen and oxygen atoms in total. The van der Waals surface area contributed by atoms with Crippen molar-refractivity contribution in [1.82, 2.24) is 4.90 Å².